The second kappa shape index (κ2) is 9.36. The zero-order valence-electron chi connectivity index (χ0n) is 16.6. The van der Waals surface area contributed by atoms with Gasteiger partial charge in [0.1, 0.15) is 5.76 Å². The van der Waals surface area contributed by atoms with Crippen LogP contribution in [0.15, 0.2) is 34.7 Å². The summed E-state index contributed by atoms with van der Waals surface area (Å²) in [6, 6.07) is 8.60. The van der Waals surface area contributed by atoms with E-state index in [0.29, 0.717) is 17.6 Å². The van der Waals surface area contributed by atoms with Crippen molar-refractivity contribution >= 4 is 17.9 Å². The van der Waals surface area contributed by atoms with E-state index in [9.17, 15) is 14.4 Å². The summed E-state index contributed by atoms with van der Waals surface area (Å²) in [6.07, 6.45) is 4.16. The van der Waals surface area contributed by atoms with Gasteiger partial charge in [-0.05, 0) is 37.8 Å². The molecule has 1 aromatic heterocycles. The number of urea groups is 1. The first-order valence-electron chi connectivity index (χ1n) is 9.74. The number of aromatic nitrogens is 1. The molecule has 0 spiro atoms. The van der Waals surface area contributed by atoms with Gasteiger partial charge in [0.15, 0.2) is 12.3 Å². The summed E-state index contributed by atoms with van der Waals surface area (Å²) in [6.45, 7) is 3.09. The molecule has 0 aliphatic heterocycles. The van der Waals surface area contributed by atoms with Crippen LogP contribution < -0.4 is 10.6 Å². The maximum atomic E-state index is 12.2. The second-order valence-electron chi connectivity index (χ2n) is 7.26. The number of benzene rings is 1. The Morgan fingerprint density at radius 3 is 2.62 bits per heavy atom. The number of nitrogens with zero attached hydrogens (tertiary/aromatic N) is 1. The lowest BCUT2D eigenvalue weighted by Gasteiger charge is -2.29. The number of esters is 1. The molecular formula is C21H25N3O5. The zero-order valence-corrected chi connectivity index (χ0v) is 16.6. The Labute approximate surface area is 169 Å². The number of hydrogen-bond acceptors (Lipinski definition) is 6. The van der Waals surface area contributed by atoms with Crippen molar-refractivity contribution in [1.82, 2.24) is 15.6 Å². The molecule has 1 saturated carbocycles. The van der Waals surface area contributed by atoms with Crippen LogP contribution in [0, 0.1) is 12.8 Å². The number of hydrogen-bond donors (Lipinski definition) is 2. The van der Waals surface area contributed by atoms with Crippen molar-refractivity contribution in [1.29, 1.82) is 0 Å². The van der Waals surface area contributed by atoms with Crippen LogP contribution in [0.3, 0.4) is 0 Å². The third-order valence-corrected chi connectivity index (χ3v) is 5.03. The van der Waals surface area contributed by atoms with E-state index in [1.807, 2.05) is 18.2 Å². The highest BCUT2D eigenvalue weighted by Gasteiger charge is 2.24. The lowest BCUT2D eigenvalue weighted by Crippen LogP contribution is -2.48. The first-order chi connectivity index (χ1) is 13.9. The average Bonchev–Trinajstić information content (AvgIpc) is 3.10. The number of imide groups is 1. The molecular weight excluding hydrogens is 374 g/mol. The van der Waals surface area contributed by atoms with Crippen LogP contribution in [-0.4, -0.2) is 35.5 Å². The van der Waals surface area contributed by atoms with Gasteiger partial charge in [0.05, 0.1) is 0 Å². The zero-order chi connectivity index (χ0) is 20.8. The minimum Gasteiger partial charge on any atom is -0.451 e. The molecule has 1 aliphatic carbocycles. The lowest BCUT2D eigenvalue weighted by molar-refractivity contribution is -0.123. The molecule has 1 aliphatic rings. The number of carbonyl (C=O) groups is 3. The highest BCUT2D eigenvalue weighted by atomic mass is 16.5. The van der Waals surface area contributed by atoms with Crippen molar-refractivity contribution in [3.05, 3.63) is 41.8 Å². The van der Waals surface area contributed by atoms with E-state index in [1.54, 1.807) is 19.1 Å². The fourth-order valence-electron chi connectivity index (χ4n) is 3.39. The highest BCUT2D eigenvalue weighted by Crippen LogP contribution is 2.23. The molecule has 2 aromatic rings. The van der Waals surface area contributed by atoms with E-state index in [2.05, 4.69) is 22.5 Å². The Kier molecular flexibility index (Phi) is 6.64. The van der Waals surface area contributed by atoms with Crippen molar-refractivity contribution in [3.63, 3.8) is 0 Å². The molecule has 8 heteroatoms. The van der Waals surface area contributed by atoms with Crippen LogP contribution in [0.5, 0.6) is 0 Å². The number of rotatable bonds is 5. The number of amides is 3. The molecule has 0 radical (unpaired) electrons. The molecule has 0 bridgehead atoms. The normalized spacial score (nSPS) is 18.7. The fraction of sp³-hybridized carbons (Fsp3) is 0.429. The number of carbonyl (C=O) groups excluding carboxylic acids is 3. The van der Waals surface area contributed by atoms with Gasteiger partial charge in [-0.1, -0.05) is 38.0 Å². The van der Waals surface area contributed by atoms with Crippen LogP contribution in [-0.2, 0) is 9.53 Å². The molecule has 2 atom stereocenters. The second-order valence-corrected chi connectivity index (χ2v) is 7.26. The lowest BCUT2D eigenvalue weighted by atomic mass is 9.86. The van der Waals surface area contributed by atoms with Gasteiger partial charge in [0, 0.05) is 11.6 Å². The smallest absolute Gasteiger partial charge is 0.361 e. The van der Waals surface area contributed by atoms with E-state index < -0.39 is 24.5 Å². The summed E-state index contributed by atoms with van der Waals surface area (Å²) in [4.78, 5) is 40.3. The first kappa shape index (κ1) is 20.6. The van der Waals surface area contributed by atoms with Crippen molar-refractivity contribution in [2.24, 2.45) is 5.92 Å². The van der Waals surface area contributed by atoms with Gasteiger partial charge >= 0.3 is 12.0 Å². The SMILES string of the molecule is Cc1oc(-c2ccccc2)nc1C(=O)OCC(=O)NC(=O)N[C@@H]1CCCC[C@H]1C. The van der Waals surface area contributed by atoms with Crippen molar-refractivity contribution < 1.29 is 23.5 Å². The van der Waals surface area contributed by atoms with Crippen LogP contribution in [0.2, 0.25) is 0 Å². The summed E-state index contributed by atoms with van der Waals surface area (Å²) >= 11 is 0. The fourth-order valence-corrected chi connectivity index (χ4v) is 3.39. The quantitative estimate of drug-likeness (QED) is 0.747. The molecule has 1 fully saturated rings. The van der Waals surface area contributed by atoms with Gasteiger partial charge in [-0.2, -0.15) is 0 Å². The van der Waals surface area contributed by atoms with E-state index in [-0.39, 0.29) is 11.7 Å². The van der Waals surface area contributed by atoms with Gasteiger partial charge in [-0.15, -0.1) is 0 Å². The Morgan fingerprint density at radius 1 is 1.17 bits per heavy atom. The van der Waals surface area contributed by atoms with Crippen molar-refractivity contribution in [3.8, 4) is 11.5 Å². The molecule has 3 amide bonds. The average molecular weight is 399 g/mol. The molecule has 0 unspecified atom stereocenters. The minimum atomic E-state index is -0.787. The first-order valence-corrected chi connectivity index (χ1v) is 9.74. The Balaban J connectivity index is 1.49. The van der Waals surface area contributed by atoms with E-state index in [4.69, 9.17) is 9.15 Å². The molecule has 2 N–H and O–H groups in total. The number of nitrogens with one attached hydrogen (secondary N) is 2. The van der Waals surface area contributed by atoms with Gasteiger partial charge < -0.3 is 14.5 Å². The molecule has 0 saturated heterocycles. The van der Waals surface area contributed by atoms with Crippen LogP contribution in [0.25, 0.3) is 11.5 Å². The minimum absolute atomic E-state index is 0.00265. The van der Waals surface area contributed by atoms with Crippen LogP contribution in [0.4, 0.5) is 4.79 Å². The molecule has 29 heavy (non-hydrogen) atoms. The van der Waals surface area contributed by atoms with Crippen LogP contribution >= 0.6 is 0 Å². The molecule has 8 nitrogen and oxygen atoms in total. The Hall–Kier alpha value is -3.16. The van der Waals surface area contributed by atoms with Crippen molar-refractivity contribution in [2.45, 2.75) is 45.6 Å². The van der Waals surface area contributed by atoms with Gasteiger partial charge in [-0.25, -0.2) is 14.6 Å². The maximum absolute atomic E-state index is 12.2. The summed E-state index contributed by atoms with van der Waals surface area (Å²) in [5.74, 6) is -0.538. The monoisotopic (exact) mass is 399 g/mol. The third-order valence-electron chi connectivity index (χ3n) is 5.03. The molecule has 1 aromatic carbocycles. The third kappa shape index (κ3) is 5.43. The topological polar surface area (TPSA) is 111 Å². The van der Waals surface area contributed by atoms with Gasteiger partial charge in [0.2, 0.25) is 5.89 Å². The standard InChI is InChI=1S/C21H25N3O5/c1-13-8-6-7-11-16(13)22-21(27)23-17(25)12-28-20(26)18-14(2)29-19(24-18)15-9-4-3-5-10-15/h3-5,9-10,13,16H,6-8,11-12H2,1-2H3,(H2,22,23,25,27)/t13-,16-/m1/s1. The number of oxazole rings is 1. The summed E-state index contributed by atoms with van der Waals surface area (Å²) in [5.41, 5.74) is 0.721. The van der Waals surface area contributed by atoms with E-state index in [1.165, 1.54) is 0 Å². The molecule has 1 heterocycles. The number of aryl methyl sites for hydroxylation is 1. The van der Waals surface area contributed by atoms with Crippen LogP contribution in [0.1, 0.15) is 48.9 Å². The van der Waals surface area contributed by atoms with Crippen molar-refractivity contribution in [2.75, 3.05) is 6.61 Å². The summed E-state index contributed by atoms with van der Waals surface area (Å²) in [5, 5.41) is 5.00. The van der Waals surface area contributed by atoms with Gasteiger partial charge in [-0.3, -0.25) is 10.1 Å². The maximum Gasteiger partial charge on any atom is 0.361 e. The largest absolute Gasteiger partial charge is 0.451 e. The highest BCUT2D eigenvalue weighted by molar-refractivity contribution is 5.97. The number of ether oxygens (including phenoxy) is 1. The molecule has 3 rings (SSSR count). The van der Waals surface area contributed by atoms with E-state index >= 15 is 0 Å². The Bertz CT molecular complexity index is 878. The Morgan fingerprint density at radius 2 is 1.90 bits per heavy atom. The summed E-state index contributed by atoms with van der Waals surface area (Å²) in [7, 11) is 0. The molecule has 154 valence electrons. The van der Waals surface area contributed by atoms with Gasteiger partial charge in [0.25, 0.3) is 5.91 Å². The predicted octanol–water partition coefficient (Wildman–Crippen LogP) is 3.21. The predicted molar refractivity (Wildman–Crippen MR) is 105 cm³/mol. The van der Waals surface area contributed by atoms with E-state index in [0.717, 1.165) is 31.2 Å². The summed E-state index contributed by atoms with van der Waals surface area (Å²) < 4.78 is 10.5.